The predicted octanol–water partition coefficient (Wildman–Crippen LogP) is 2.06. The van der Waals surface area contributed by atoms with Crippen molar-refractivity contribution in [3.05, 3.63) is 29.6 Å². The molecule has 0 N–H and O–H groups in total. The van der Waals surface area contributed by atoms with E-state index in [1.807, 2.05) is 6.07 Å². The predicted molar refractivity (Wildman–Crippen MR) is 53.1 cm³/mol. The third-order valence-corrected chi connectivity index (χ3v) is 2.11. The van der Waals surface area contributed by atoms with Crippen molar-refractivity contribution < 1.29 is 4.39 Å². The van der Waals surface area contributed by atoms with Crippen molar-refractivity contribution in [1.29, 1.82) is 0 Å². The fraction of sp³-hybridized carbons (Fsp3) is 0.400. The summed E-state index contributed by atoms with van der Waals surface area (Å²) in [5.41, 5.74) is 2.39. The summed E-state index contributed by atoms with van der Waals surface area (Å²) in [6, 6.07) is 5.05. The first-order chi connectivity index (χ1) is 5.65. The van der Waals surface area contributed by atoms with E-state index in [9.17, 15) is 4.39 Å². The molecule has 0 aliphatic heterocycles. The Kier molecular flexibility index (Phi) is 2.91. The molecule has 1 rings (SSSR count). The molecule has 1 aromatic rings. The summed E-state index contributed by atoms with van der Waals surface area (Å²) in [6.07, 6.45) is 0. The number of rotatable bonds is 2. The van der Waals surface area contributed by atoms with Crippen LogP contribution in [-0.2, 0) is 0 Å². The third-order valence-electron chi connectivity index (χ3n) is 2.11. The monoisotopic (exact) mass is 164 g/mol. The zero-order chi connectivity index (χ0) is 9.14. The molecule has 0 unspecified atom stereocenters. The number of hydrogen-bond donors (Lipinski definition) is 0. The van der Waals surface area contributed by atoms with Crippen molar-refractivity contribution in [2.75, 3.05) is 0 Å². The van der Waals surface area contributed by atoms with Gasteiger partial charge in [0.15, 0.2) is 7.28 Å². The lowest BCUT2D eigenvalue weighted by atomic mass is 9.69. The quantitative estimate of drug-likeness (QED) is 0.587. The molecule has 0 aliphatic rings. The Bertz CT molecular complexity index is 269. The van der Waals surface area contributed by atoms with Gasteiger partial charge in [-0.15, -0.1) is 0 Å². The first kappa shape index (κ1) is 9.30. The molecule has 12 heavy (non-hydrogen) atoms. The van der Waals surface area contributed by atoms with E-state index < -0.39 is 0 Å². The standard InChI is InChI=1S/C10H14BF/c1-7(2)9-6-8(12)4-5-10(9)11-3/h4-7,11H,1-3H3. The van der Waals surface area contributed by atoms with Crippen molar-refractivity contribution in [2.24, 2.45) is 0 Å². The molecule has 0 saturated carbocycles. The van der Waals surface area contributed by atoms with Gasteiger partial charge in [0.2, 0.25) is 0 Å². The Morgan fingerprint density at radius 3 is 2.50 bits per heavy atom. The van der Waals surface area contributed by atoms with Crippen molar-refractivity contribution in [2.45, 2.75) is 26.6 Å². The maximum atomic E-state index is 12.8. The van der Waals surface area contributed by atoms with Crippen LogP contribution in [0.15, 0.2) is 18.2 Å². The van der Waals surface area contributed by atoms with E-state index in [-0.39, 0.29) is 5.82 Å². The molecule has 0 radical (unpaired) electrons. The summed E-state index contributed by atoms with van der Waals surface area (Å²) in [5, 5.41) is 0. The van der Waals surface area contributed by atoms with E-state index in [1.165, 1.54) is 11.5 Å². The van der Waals surface area contributed by atoms with E-state index in [2.05, 4.69) is 20.7 Å². The molecular weight excluding hydrogens is 150 g/mol. The van der Waals surface area contributed by atoms with Crippen molar-refractivity contribution in [3.63, 3.8) is 0 Å². The van der Waals surface area contributed by atoms with E-state index in [0.29, 0.717) is 5.92 Å². The van der Waals surface area contributed by atoms with Gasteiger partial charge in [-0.3, -0.25) is 0 Å². The fourth-order valence-electron chi connectivity index (χ4n) is 1.43. The number of hydrogen-bond acceptors (Lipinski definition) is 0. The second-order valence-electron chi connectivity index (χ2n) is 3.35. The van der Waals surface area contributed by atoms with Crippen LogP contribution in [0.25, 0.3) is 0 Å². The van der Waals surface area contributed by atoms with Gasteiger partial charge < -0.3 is 0 Å². The number of halogens is 1. The SMILES string of the molecule is CBc1ccc(F)cc1C(C)C. The normalized spacial score (nSPS) is 10.4. The molecule has 0 heterocycles. The highest BCUT2D eigenvalue weighted by atomic mass is 19.1. The highest BCUT2D eigenvalue weighted by Crippen LogP contribution is 2.12. The van der Waals surface area contributed by atoms with Crippen LogP contribution < -0.4 is 5.46 Å². The van der Waals surface area contributed by atoms with Gasteiger partial charge in [-0.1, -0.05) is 32.2 Å². The van der Waals surface area contributed by atoms with Crippen LogP contribution >= 0.6 is 0 Å². The molecule has 0 bridgehead atoms. The molecule has 0 atom stereocenters. The van der Waals surface area contributed by atoms with E-state index >= 15 is 0 Å². The zero-order valence-electron chi connectivity index (χ0n) is 7.89. The highest BCUT2D eigenvalue weighted by molar-refractivity contribution is 6.52. The van der Waals surface area contributed by atoms with Crippen molar-refractivity contribution in [1.82, 2.24) is 0 Å². The molecule has 0 spiro atoms. The van der Waals surface area contributed by atoms with Gasteiger partial charge in [0.1, 0.15) is 5.82 Å². The average Bonchev–Trinajstić information content (AvgIpc) is 2.04. The Balaban J connectivity index is 3.12. The Hall–Kier alpha value is -0.785. The maximum absolute atomic E-state index is 12.8. The summed E-state index contributed by atoms with van der Waals surface area (Å²) in [5.74, 6) is 0.284. The first-order valence-electron chi connectivity index (χ1n) is 4.43. The molecule has 0 aliphatic carbocycles. The van der Waals surface area contributed by atoms with Crippen LogP contribution in [0, 0.1) is 5.82 Å². The smallest absolute Gasteiger partial charge is 0.154 e. The molecule has 0 amide bonds. The van der Waals surface area contributed by atoms with E-state index in [0.717, 1.165) is 12.8 Å². The Morgan fingerprint density at radius 1 is 1.33 bits per heavy atom. The van der Waals surface area contributed by atoms with Gasteiger partial charge in [-0.2, -0.15) is 0 Å². The second-order valence-corrected chi connectivity index (χ2v) is 3.35. The van der Waals surface area contributed by atoms with E-state index in [1.54, 1.807) is 6.07 Å². The summed E-state index contributed by atoms with van der Waals surface area (Å²) < 4.78 is 12.8. The Labute approximate surface area is 74.0 Å². The number of benzene rings is 1. The molecule has 2 heteroatoms. The van der Waals surface area contributed by atoms with Crippen LogP contribution in [0.1, 0.15) is 25.3 Å². The third kappa shape index (κ3) is 1.87. The first-order valence-corrected chi connectivity index (χ1v) is 4.43. The average molecular weight is 164 g/mol. The van der Waals surface area contributed by atoms with Crippen LogP contribution in [-0.4, -0.2) is 7.28 Å². The van der Waals surface area contributed by atoms with Gasteiger partial charge in [-0.05, 0) is 23.6 Å². The summed E-state index contributed by atoms with van der Waals surface area (Å²) in [6.45, 7) is 6.28. The molecule has 64 valence electrons. The molecule has 1 aromatic carbocycles. The van der Waals surface area contributed by atoms with Gasteiger partial charge >= 0.3 is 0 Å². The fourth-order valence-corrected chi connectivity index (χ4v) is 1.43. The lowest BCUT2D eigenvalue weighted by molar-refractivity contribution is 0.624. The molecule has 0 saturated heterocycles. The minimum atomic E-state index is -0.129. The highest BCUT2D eigenvalue weighted by Gasteiger charge is 2.05. The molecule has 0 fully saturated rings. The van der Waals surface area contributed by atoms with Crippen LogP contribution in [0.5, 0.6) is 0 Å². The van der Waals surface area contributed by atoms with Crippen LogP contribution in [0.3, 0.4) is 0 Å². The van der Waals surface area contributed by atoms with E-state index in [4.69, 9.17) is 0 Å². The second kappa shape index (κ2) is 3.75. The summed E-state index contributed by atoms with van der Waals surface area (Å²) in [4.78, 5) is 0. The minimum Gasteiger partial charge on any atom is -0.207 e. The molecule has 0 aromatic heterocycles. The molecule has 0 nitrogen and oxygen atoms in total. The van der Waals surface area contributed by atoms with Crippen molar-refractivity contribution >= 4 is 12.7 Å². The van der Waals surface area contributed by atoms with Crippen LogP contribution in [0.2, 0.25) is 6.82 Å². The summed E-state index contributed by atoms with van der Waals surface area (Å²) in [7, 11) is 0.980. The van der Waals surface area contributed by atoms with Crippen LogP contribution in [0.4, 0.5) is 4.39 Å². The minimum absolute atomic E-state index is 0.129. The van der Waals surface area contributed by atoms with Gasteiger partial charge in [0, 0.05) is 0 Å². The maximum Gasteiger partial charge on any atom is 0.154 e. The van der Waals surface area contributed by atoms with Gasteiger partial charge in [0.05, 0.1) is 0 Å². The zero-order valence-corrected chi connectivity index (χ0v) is 7.89. The summed E-state index contributed by atoms with van der Waals surface area (Å²) >= 11 is 0. The lowest BCUT2D eigenvalue weighted by Crippen LogP contribution is -2.17. The van der Waals surface area contributed by atoms with Crippen molar-refractivity contribution in [3.8, 4) is 0 Å². The topological polar surface area (TPSA) is 0 Å². The van der Waals surface area contributed by atoms with Gasteiger partial charge in [0.25, 0.3) is 0 Å². The Morgan fingerprint density at radius 2 is 2.00 bits per heavy atom. The molecular formula is C10H14BF. The van der Waals surface area contributed by atoms with Gasteiger partial charge in [-0.25, -0.2) is 4.39 Å². The lowest BCUT2D eigenvalue weighted by Gasteiger charge is -2.10. The largest absolute Gasteiger partial charge is 0.207 e.